The second-order valence-corrected chi connectivity index (χ2v) is 10.8. The molecular formula is C34H35N5O2. The minimum atomic E-state index is -0.699. The highest BCUT2D eigenvalue weighted by atomic mass is 16.6. The van der Waals surface area contributed by atoms with Gasteiger partial charge in [0.05, 0.1) is 31.9 Å². The van der Waals surface area contributed by atoms with Crippen LogP contribution in [0.3, 0.4) is 0 Å². The zero-order valence-electron chi connectivity index (χ0n) is 23.1. The molecule has 1 fully saturated rings. The molecule has 1 saturated heterocycles. The van der Waals surface area contributed by atoms with Gasteiger partial charge in [-0.25, -0.2) is 0 Å². The van der Waals surface area contributed by atoms with Crippen molar-refractivity contribution in [2.24, 2.45) is 5.11 Å². The van der Waals surface area contributed by atoms with Crippen LogP contribution in [0.4, 0.5) is 22.7 Å². The molecule has 41 heavy (non-hydrogen) atoms. The third kappa shape index (κ3) is 6.23. The van der Waals surface area contributed by atoms with Gasteiger partial charge in [0.2, 0.25) is 0 Å². The van der Waals surface area contributed by atoms with Gasteiger partial charge in [-0.05, 0) is 77.7 Å². The van der Waals surface area contributed by atoms with E-state index >= 15 is 0 Å². The van der Waals surface area contributed by atoms with E-state index in [1.165, 1.54) is 33.6 Å². The second-order valence-electron chi connectivity index (χ2n) is 10.8. The maximum Gasteiger partial charge on any atom is 0.0988 e. The summed E-state index contributed by atoms with van der Waals surface area (Å²) in [5, 5.41) is 13.6. The SMILES string of the molecule is [N-]=[N+]=NC[C@H](O)CN1c2ccccc2CCc2ccccc21.c1ccc2c(c1)CCc1ccccc1N2C[C@@H]1CO1. The van der Waals surface area contributed by atoms with Crippen LogP contribution in [-0.2, 0) is 30.4 Å². The minimum absolute atomic E-state index is 0.0807. The number of hydrogen-bond donors (Lipinski definition) is 1. The van der Waals surface area contributed by atoms with Crippen molar-refractivity contribution >= 4 is 22.7 Å². The molecule has 4 aromatic rings. The third-order valence-electron chi connectivity index (χ3n) is 7.99. The Morgan fingerprint density at radius 1 is 0.707 bits per heavy atom. The third-order valence-corrected chi connectivity index (χ3v) is 7.99. The molecule has 0 aromatic heterocycles. The molecule has 3 aliphatic rings. The molecule has 1 N–H and O–H groups in total. The number of benzene rings is 4. The molecule has 7 nitrogen and oxygen atoms in total. The number of para-hydroxylation sites is 4. The van der Waals surface area contributed by atoms with E-state index in [9.17, 15) is 5.11 Å². The molecule has 0 unspecified atom stereocenters. The van der Waals surface area contributed by atoms with Crippen molar-refractivity contribution in [3.05, 3.63) is 130 Å². The van der Waals surface area contributed by atoms with Gasteiger partial charge in [-0.3, -0.25) is 0 Å². The Balaban J connectivity index is 0.000000149. The maximum atomic E-state index is 10.2. The largest absolute Gasteiger partial charge is 0.391 e. The summed E-state index contributed by atoms with van der Waals surface area (Å²) in [6.45, 7) is 2.36. The first-order valence-electron chi connectivity index (χ1n) is 14.4. The van der Waals surface area contributed by atoms with Crippen LogP contribution in [-0.4, -0.2) is 43.6 Å². The lowest BCUT2D eigenvalue weighted by Gasteiger charge is -2.28. The van der Waals surface area contributed by atoms with E-state index in [4.69, 9.17) is 10.3 Å². The summed E-state index contributed by atoms with van der Waals surface area (Å²) >= 11 is 0. The number of aliphatic hydroxyl groups is 1. The number of aliphatic hydroxyl groups excluding tert-OH is 1. The fourth-order valence-corrected chi connectivity index (χ4v) is 5.91. The molecular weight excluding hydrogens is 510 g/mol. The first-order valence-corrected chi connectivity index (χ1v) is 14.4. The number of nitrogens with zero attached hydrogens (tertiary/aromatic N) is 5. The summed E-state index contributed by atoms with van der Waals surface area (Å²) in [6, 6.07) is 34.1. The normalized spacial score (nSPS) is 17.1. The Kier molecular flexibility index (Phi) is 8.19. The fourth-order valence-electron chi connectivity index (χ4n) is 5.91. The average Bonchev–Trinajstić information content (AvgIpc) is 3.87. The summed E-state index contributed by atoms with van der Waals surface area (Å²) in [4.78, 5) is 7.30. The van der Waals surface area contributed by atoms with Gasteiger partial charge < -0.3 is 19.6 Å². The molecule has 2 atom stereocenters. The summed E-state index contributed by atoms with van der Waals surface area (Å²) in [5.74, 6) is 0. The first kappa shape index (κ1) is 26.9. The van der Waals surface area contributed by atoms with Crippen molar-refractivity contribution in [3.8, 4) is 0 Å². The first-order chi connectivity index (χ1) is 20.2. The summed E-state index contributed by atoms with van der Waals surface area (Å²) in [7, 11) is 0. The van der Waals surface area contributed by atoms with E-state index in [1.807, 2.05) is 24.3 Å². The van der Waals surface area contributed by atoms with Crippen LogP contribution in [0.1, 0.15) is 22.3 Å². The second kappa shape index (κ2) is 12.5. The van der Waals surface area contributed by atoms with Gasteiger partial charge >= 0.3 is 0 Å². The number of β-amino-alcohol motifs (C(OH)–C–C–N with tert-alkyl or cyclic N) is 1. The van der Waals surface area contributed by atoms with Crippen LogP contribution < -0.4 is 9.80 Å². The lowest BCUT2D eigenvalue weighted by molar-refractivity contribution is 0.191. The zero-order valence-corrected chi connectivity index (χ0v) is 23.1. The Hall–Kier alpha value is -4.29. The smallest absolute Gasteiger partial charge is 0.0988 e. The van der Waals surface area contributed by atoms with Gasteiger partial charge in [0, 0.05) is 34.2 Å². The lowest BCUT2D eigenvalue weighted by atomic mass is 10.0. The van der Waals surface area contributed by atoms with E-state index in [-0.39, 0.29) is 6.54 Å². The van der Waals surface area contributed by atoms with Crippen molar-refractivity contribution in [2.45, 2.75) is 37.9 Å². The highest BCUT2D eigenvalue weighted by Crippen LogP contribution is 2.37. The standard InChI is InChI=1S/C17H18N4O.C17H17NO/c18-20-19-11-15(22)12-21-16-7-3-1-5-13(16)9-10-14-6-2-4-8-17(14)21;1-3-7-16-13(5-1)9-10-14-6-2-4-8-17(14)18(16)11-15-12-19-15/h1-8,15,22H,9-12H2;1-8,15H,9-12H2/t2*15-/m01/s1. The highest BCUT2D eigenvalue weighted by Gasteiger charge is 2.29. The van der Waals surface area contributed by atoms with Crippen LogP contribution >= 0.6 is 0 Å². The number of anilines is 4. The highest BCUT2D eigenvalue weighted by molar-refractivity contribution is 5.72. The topological polar surface area (TPSA) is 88.0 Å². The van der Waals surface area contributed by atoms with Crippen molar-refractivity contribution in [2.75, 3.05) is 36.0 Å². The zero-order chi connectivity index (χ0) is 28.0. The van der Waals surface area contributed by atoms with E-state index in [2.05, 4.69) is 92.6 Å². The van der Waals surface area contributed by atoms with Crippen LogP contribution in [0.25, 0.3) is 10.4 Å². The van der Waals surface area contributed by atoms with Gasteiger partial charge in [0.15, 0.2) is 0 Å². The molecule has 0 saturated carbocycles. The molecule has 0 aliphatic carbocycles. The van der Waals surface area contributed by atoms with Crippen molar-refractivity contribution < 1.29 is 9.84 Å². The number of azide groups is 1. The lowest BCUT2D eigenvalue weighted by Crippen LogP contribution is -2.31. The maximum absolute atomic E-state index is 10.2. The van der Waals surface area contributed by atoms with Gasteiger partial charge in [-0.2, -0.15) is 0 Å². The fraction of sp³-hybridized carbons (Fsp3) is 0.294. The van der Waals surface area contributed by atoms with Crippen molar-refractivity contribution in [1.29, 1.82) is 0 Å². The molecule has 0 bridgehead atoms. The van der Waals surface area contributed by atoms with Gasteiger partial charge in [-0.1, -0.05) is 77.9 Å². The summed E-state index contributed by atoms with van der Waals surface area (Å²) in [6.07, 6.45) is 3.91. The van der Waals surface area contributed by atoms with Crippen LogP contribution in [0.2, 0.25) is 0 Å². The molecule has 208 valence electrons. The molecule has 4 aromatic carbocycles. The molecule has 3 heterocycles. The van der Waals surface area contributed by atoms with Crippen LogP contribution in [0, 0.1) is 0 Å². The van der Waals surface area contributed by atoms with Crippen LogP contribution in [0.15, 0.2) is 102 Å². The van der Waals surface area contributed by atoms with Crippen molar-refractivity contribution in [1.82, 2.24) is 0 Å². The number of epoxide rings is 1. The minimum Gasteiger partial charge on any atom is -0.391 e. The van der Waals surface area contributed by atoms with E-state index in [1.54, 1.807) is 0 Å². The number of aryl methyl sites for hydroxylation is 4. The number of rotatable bonds is 6. The monoisotopic (exact) mass is 545 g/mol. The van der Waals surface area contributed by atoms with E-state index < -0.39 is 6.10 Å². The van der Waals surface area contributed by atoms with Gasteiger partial charge in [0.25, 0.3) is 0 Å². The summed E-state index contributed by atoms with van der Waals surface area (Å²) in [5.41, 5.74) is 18.8. The molecule has 3 aliphatic heterocycles. The molecule has 7 rings (SSSR count). The average molecular weight is 546 g/mol. The molecule has 0 radical (unpaired) electrons. The predicted octanol–water partition coefficient (Wildman–Crippen LogP) is 6.92. The van der Waals surface area contributed by atoms with E-state index in [0.29, 0.717) is 12.6 Å². The van der Waals surface area contributed by atoms with Gasteiger partial charge in [-0.15, -0.1) is 0 Å². The van der Waals surface area contributed by atoms with E-state index in [0.717, 1.165) is 50.2 Å². The molecule has 7 heteroatoms. The Bertz CT molecular complexity index is 1450. The Labute approximate surface area is 241 Å². The van der Waals surface area contributed by atoms with Crippen molar-refractivity contribution in [3.63, 3.8) is 0 Å². The Morgan fingerprint density at radius 2 is 1.10 bits per heavy atom. The molecule has 0 spiro atoms. The number of hydrogen-bond acceptors (Lipinski definition) is 5. The molecule has 0 amide bonds. The van der Waals surface area contributed by atoms with Gasteiger partial charge in [0.1, 0.15) is 0 Å². The number of fused-ring (bicyclic) bond motifs is 4. The quantitative estimate of drug-likeness (QED) is 0.123. The Morgan fingerprint density at radius 3 is 1.49 bits per heavy atom. The summed E-state index contributed by atoms with van der Waals surface area (Å²) < 4.78 is 5.44. The predicted molar refractivity (Wildman–Crippen MR) is 164 cm³/mol. The number of ether oxygens (including phenoxy) is 1. The van der Waals surface area contributed by atoms with Crippen LogP contribution in [0.5, 0.6) is 0 Å².